The Morgan fingerprint density at radius 2 is 2.00 bits per heavy atom. The number of hydrogen-bond donors (Lipinski definition) is 2. The van der Waals surface area contributed by atoms with E-state index in [0.29, 0.717) is 6.54 Å². The first-order valence-electron chi connectivity index (χ1n) is 3.72. The Kier molecular flexibility index (Phi) is 5.03. The number of hydrogen-bond acceptors (Lipinski definition) is 3. The fourth-order valence-electron chi connectivity index (χ4n) is 0.640. The topological polar surface area (TPSA) is 75.4 Å². The van der Waals surface area contributed by atoms with Crippen LogP contribution in [0.15, 0.2) is 0 Å². The first-order chi connectivity index (χ1) is 5.52. The van der Waals surface area contributed by atoms with Crippen LogP contribution in [-0.4, -0.2) is 43.9 Å². The largest absolute Gasteiger partial charge is 0.369 e. The summed E-state index contributed by atoms with van der Waals surface area (Å²) in [5.74, 6) is -0.915. The van der Waals surface area contributed by atoms with Crippen LogP contribution in [0.2, 0.25) is 0 Å². The Morgan fingerprint density at radius 3 is 2.42 bits per heavy atom. The molecule has 0 rings (SSSR count). The van der Waals surface area contributed by atoms with Crippen molar-refractivity contribution in [1.82, 2.24) is 10.2 Å². The third-order valence-corrected chi connectivity index (χ3v) is 1.22. The van der Waals surface area contributed by atoms with Crippen LogP contribution in [0.5, 0.6) is 0 Å². The first-order valence-corrected chi connectivity index (χ1v) is 3.72. The van der Waals surface area contributed by atoms with Crippen molar-refractivity contribution in [1.29, 1.82) is 0 Å². The Labute approximate surface area is 71.9 Å². The smallest absolute Gasteiger partial charge is 0.229 e. The number of amides is 2. The first kappa shape index (κ1) is 10.9. The molecule has 0 aromatic heterocycles. The fourth-order valence-corrected chi connectivity index (χ4v) is 0.640. The van der Waals surface area contributed by atoms with Crippen molar-refractivity contribution in [2.24, 2.45) is 5.73 Å². The van der Waals surface area contributed by atoms with Gasteiger partial charge < -0.3 is 16.0 Å². The Bertz CT molecular complexity index is 168. The second-order valence-electron chi connectivity index (χ2n) is 2.80. The lowest BCUT2D eigenvalue weighted by Crippen LogP contribution is -2.33. The summed E-state index contributed by atoms with van der Waals surface area (Å²) < 4.78 is 0. The Hall–Kier alpha value is -1.10. The molecule has 0 aromatic rings. The van der Waals surface area contributed by atoms with E-state index in [4.69, 9.17) is 5.73 Å². The van der Waals surface area contributed by atoms with Crippen molar-refractivity contribution < 1.29 is 9.59 Å². The third-order valence-electron chi connectivity index (χ3n) is 1.22. The number of likely N-dealkylation sites (N-methyl/N-ethyl adjacent to an activating group) is 1. The zero-order valence-corrected chi connectivity index (χ0v) is 7.46. The highest BCUT2D eigenvalue weighted by molar-refractivity contribution is 5.95. The van der Waals surface area contributed by atoms with Crippen molar-refractivity contribution >= 4 is 11.8 Å². The molecule has 0 aromatic carbocycles. The number of rotatable bonds is 5. The maximum absolute atomic E-state index is 10.8. The van der Waals surface area contributed by atoms with Gasteiger partial charge in [0.2, 0.25) is 11.8 Å². The minimum absolute atomic E-state index is 0.229. The molecule has 0 unspecified atom stereocenters. The number of nitrogens with zero attached hydrogens (tertiary/aromatic N) is 1. The average molecular weight is 173 g/mol. The van der Waals surface area contributed by atoms with E-state index in [2.05, 4.69) is 5.32 Å². The molecule has 0 fully saturated rings. The number of nitrogens with two attached hydrogens (primary N) is 1. The van der Waals surface area contributed by atoms with Gasteiger partial charge in [0.25, 0.3) is 0 Å². The highest BCUT2D eigenvalue weighted by Gasteiger charge is 2.03. The molecule has 0 atom stereocenters. The molecule has 5 heteroatoms. The van der Waals surface area contributed by atoms with Crippen LogP contribution >= 0.6 is 0 Å². The van der Waals surface area contributed by atoms with Gasteiger partial charge in [0, 0.05) is 13.1 Å². The molecule has 3 N–H and O–H groups in total. The number of carbonyl (C=O) groups is 2. The van der Waals surface area contributed by atoms with Gasteiger partial charge >= 0.3 is 0 Å². The molecule has 0 aliphatic carbocycles. The lowest BCUT2D eigenvalue weighted by molar-refractivity contribution is -0.127. The molecule has 0 saturated heterocycles. The average Bonchev–Trinajstić information content (AvgIpc) is 1.84. The lowest BCUT2D eigenvalue weighted by atomic mass is 10.4. The molecule has 5 nitrogen and oxygen atoms in total. The molecule has 0 aliphatic rings. The number of primary amides is 1. The molecule has 12 heavy (non-hydrogen) atoms. The van der Waals surface area contributed by atoms with Gasteiger partial charge in [0.05, 0.1) is 0 Å². The second kappa shape index (κ2) is 5.54. The Balaban J connectivity index is 3.38. The maximum Gasteiger partial charge on any atom is 0.229 e. The predicted octanol–water partition coefficient (Wildman–Crippen LogP) is -1.46. The molecule has 0 spiro atoms. The van der Waals surface area contributed by atoms with Crippen molar-refractivity contribution in [3.8, 4) is 0 Å². The summed E-state index contributed by atoms with van der Waals surface area (Å²) in [6, 6.07) is 0. The van der Waals surface area contributed by atoms with E-state index in [0.717, 1.165) is 6.54 Å². The molecule has 0 aliphatic heterocycles. The van der Waals surface area contributed by atoms with E-state index in [1.807, 2.05) is 19.0 Å². The quantitative estimate of drug-likeness (QED) is 0.499. The molecule has 2 amide bonds. The minimum atomic E-state index is -0.600. The summed E-state index contributed by atoms with van der Waals surface area (Å²) in [6.07, 6.45) is -0.229. The van der Waals surface area contributed by atoms with E-state index in [9.17, 15) is 9.59 Å². The SMILES string of the molecule is CN(C)CCNC(=O)CC(N)=O. The summed E-state index contributed by atoms with van der Waals surface area (Å²) in [6.45, 7) is 1.30. The molecule has 0 heterocycles. The van der Waals surface area contributed by atoms with Crippen molar-refractivity contribution in [2.45, 2.75) is 6.42 Å². The normalized spacial score (nSPS) is 9.92. The van der Waals surface area contributed by atoms with Gasteiger partial charge in [0.1, 0.15) is 6.42 Å². The van der Waals surface area contributed by atoms with Crippen LogP contribution in [0, 0.1) is 0 Å². The van der Waals surface area contributed by atoms with E-state index in [1.54, 1.807) is 0 Å². The lowest BCUT2D eigenvalue weighted by Gasteiger charge is -2.09. The number of carbonyl (C=O) groups excluding carboxylic acids is 2. The summed E-state index contributed by atoms with van der Waals surface area (Å²) in [5.41, 5.74) is 4.81. The van der Waals surface area contributed by atoms with Crippen molar-refractivity contribution in [3.63, 3.8) is 0 Å². The van der Waals surface area contributed by atoms with Crippen LogP contribution < -0.4 is 11.1 Å². The predicted molar refractivity (Wildman–Crippen MR) is 45.4 cm³/mol. The molecule has 0 saturated carbocycles. The van der Waals surface area contributed by atoms with E-state index in [1.165, 1.54) is 0 Å². The van der Waals surface area contributed by atoms with Crippen LogP contribution in [0.3, 0.4) is 0 Å². The third kappa shape index (κ3) is 7.01. The summed E-state index contributed by atoms with van der Waals surface area (Å²) in [7, 11) is 3.81. The van der Waals surface area contributed by atoms with Gasteiger partial charge in [-0.15, -0.1) is 0 Å². The zero-order valence-electron chi connectivity index (χ0n) is 7.46. The maximum atomic E-state index is 10.8. The molecule has 70 valence electrons. The highest BCUT2D eigenvalue weighted by Crippen LogP contribution is 1.77. The van der Waals surface area contributed by atoms with Crippen molar-refractivity contribution in [2.75, 3.05) is 27.2 Å². The fraction of sp³-hybridized carbons (Fsp3) is 0.714. The van der Waals surface area contributed by atoms with Gasteiger partial charge in [0.15, 0.2) is 0 Å². The second-order valence-corrected chi connectivity index (χ2v) is 2.80. The zero-order chi connectivity index (χ0) is 9.56. The minimum Gasteiger partial charge on any atom is -0.369 e. The van der Waals surface area contributed by atoms with Crippen LogP contribution in [0.1, 0.15) is 6.42 Å². The van der Waals surface area contributed by atoms with Crippen LogP contribution in [0.4, 0.5) is 0 Å². The van der Waals surface area contributed by atoms with Gasteiger partial charge in [-0.2, -0.15) is 0 Å². The molecule has 0 bridgehead atoms. The van der Waals surface area contributed by atoms with Crippen LogP contribution in [-0.2, 0) is 9.59 Å². The van der Waals surface area contributed by atoms with Gasteiger partial charge in [-0.05, 0) is 14.1 Å². The van der Waals surface area contributed by atoms with E-state index in [-0.39, 0.29) is 12.3 Å². The Morgan fingerprint density at radius 1 is 1.42 bits per heavy atom. The van der Waals surface area contributed by atoms with Gasteiger partial charge in [-0.1, -0.05) is 0 Å². The molecular formula is C7H15N3O2. The summed E-state index contributed by atoms with van der Waals surface area (Å²) in [5, 5.41) is 2.56. The van der Waals surface area contributed by atoms with E-state index >= 15 is 0 Å². The molecule has 0 radical (unpaired) electrons. The number of nitrogens with one attached hydrogen (secondary N) is 1. The van der Waals surface area contributed by atoms with Crippen molar-refractivity contribution in [3.05, 3.63) is 0 Å². The summed E-state index contributed by atoms with van der Waals surface area (Å²) in [4.78, 5) is 23.0. The van der Waals surface area contributed by atoms with Crippen LogP contribution in [0.25, 0.3) is 0 Å². The van der Waals surface area contributed by atoms with Gasteiger partial charge in [-0.3, -0.25) is 9.59 Å². The van der Waals surface area contributed by atoms with E-state index < -0.39 is 5.91 Å². The summed E-state index contributed by atoms with van der Waals surface area (Å²) >= 11 is 0. The van der Waals surface area contributed by atoms with Gasteiger partial charge in [-0.25, -0.2) is 0 Å². The monoisotopic (exact) mass is 173 g/mol. The molecular weight excluding hydrogens is 158 g/mol. The standard InChI is InChI=1S/C7H15N3O2/c1-10(2)4-3-9-7(12)5-6(8)11/h3-5H2,1-2H3,(H2,8,11)(H,9,12). The highest BCUT2D eigenvalue weighted by atomic mass is 16.2.